The fraction of sp³-hybridized carbons (Fsp3) is 0.500. The fourth-order valence-corrected chi connectivity index (χ4v) is 0.896. The average molecular weight is 152 g/mol. The highest BCUT2D eigenvalue weighted by Gasteiger charge is 2.03. The van der Waals surface area contributed by atoms with Crippen molar-refractivity contribution in [3.05, 3.63) is 29.0 Å². The molecule has 0 bridgehead atoms. The standard InChI is InChI=1S/C8H12N2O/c1-3-7-6-10(11)8(4-2)5-9-7/h5-6H,3-4H2,1-2H3. The van der Waals surface area contributed by atoms with E-state index in [9.17, 15) is 5.21 Å². The van der Waals surface area contributed by atoms with Crippen molar-refractivity contribution in [1.82, 2.24) is 4.98 Å². The van der Waals surface area contributed by atoms with Gasteiger partial charge in [-0.3, -0.25) is 0 Å². The Bertz CT molecular complexity index is 248. The first-order valence-corrected chi connectivity index (χ1v) is 3.84. The van der Waals surface area contributed by atoms with E-state index < -0.39 is 0 Å². The summed E-state index contributed by atoms with van der Waals surface area (Å²) in [6, 6.07) is 0. The number of nitrogens with zero attached hydrogens (tertiary/aromatic N) is 2. The third-order valence-electron chi connectivity index (χ3n) is 1.65. The third kappa shape index (κ3) is 1.67. The topological polar surface area (TPSA) is 39.8 Å². The van der Waals surface area contributed by atoms with Gasteiger partial charge in [-0.15, -0.1) is 0 Å². The maximum absolute atomic E-state index is 11.1. The Labute approximate surface area is 66.3 Å². The quantitative estimate of drug-likeness (QED) is 0.465. The normalized spacial score (nSPS) is 10.0. The molecule has 0 saturated heterocycles. The summed E-state index contributed by atoms with van der Waals surface area (Å²) in [7, 11) is 0. The van der Waals surface area contributed by atoms with Crippen LogP contribution in [0.15, 0.2) is 12.4 Å². The minimum absolute atomic E-state index is 0.724. The van der Waals surface area contributed by atoms with Crippen molar-refractivity contribution in [1.29, 1.82) is 0 Å². The van der Waals surface area contributed by atoms with Crippen LogP contribution in [0.3, 0.4) is 0 Å². The molecule has 1 aromatic heterocycles. The van der Waals surface area contributed by atoms with Gasteiger partial charge in [0.25, 0.3) is 0 Å². The molecule has 0 unspecified atom stereocenters. The number of hydrogen-bond donors (Lipinski definition) is 0. The highest BCUT2D eigenvalue weighted by molar-refractivity contribution is 4.95. The van der Waals surface area contributed by atoms with Crippen LogP contribution in [0.4, 0.5) is 0 Å². The van der Waals surface area contributed by atoms with Gasteiger partial charge in [-0.1, -0.05) is 13.8 Å². The van der Waals surface area contributed by atoms with Crippen molar-refractivity contribution >= 4 is 0 Å². The van der Waals surface area contributed by atoms with E-state index in [1.807, 2.05) is 13.8 Å². The second kappa shape index (κ2) is 3.32. The van der Waals surface area contributed by atoms with E-state index in [4.69, 9.17) is 0 Å². The van der Waals surface area contributed by atoms with Crippen LogP contribution in [0.5, 0.6) is 0 Å². The van der Waals surface area contributed by atoms with Crippen LogP contribution in [0.1, 0.15) is 25.2 Å². The summed E-state index contributed by atoms with van der Waals surface area (Å²) in [5.41, 5.74) is 1.57. The molecule has 0 spiro atoms. The molecule has 0 fully saturated rings. The summed E-state index contributed by atoms with van der Waals surface area (Å²) < 4.78 is 0.895. The largest absolute Gasteiger partial charge is 0.618 e. The lowest BCUT2D eigenvalue weighted by atomic mass is 10.3. The zero-order chi connectivity index (χ0) is 8.27. The molecule has 11 heavy (non-hydrogen) atoms. The van der Waals surface area contributed by atoms with Gasteiger partial charge in [0.15, 0.2) is 0 Å². The SMILES string of the molecule is CCc1c[n+]([O-])c(CC)cn1. The van der Waals surface area contributed by atoms with Gasteiger partial charge in [-0.2, -0.15) is 4.73 Å². The van der Waals surface area contributed by atoms with Gasteiger partial charge >= 0.3 is 0 Å². The molecule has 60 valence electrons. The van der Waals surface area contributed by atoms with Crippen molar-refractivity contribution < 1.29 is 4.73 Å². The molecule has 1 rings (SSSR count). The molecule has 1 heterocycles. The molecule has 0 aliphatic carbocycles. The van der Waals surface area contributed by atoms with E-state index in [0.29, 0.717) is 0 Å². The number of aromatic nitrogens is 2. The first-order chi connectivity index (χ1) is 5.27. The first kappa shape index (κ1) is 7.98. The van der Waals surface area contributed by atoms with Gasteiger partial charge in [0.05, 0.1) is 6.20 Å². The van der Waals surface area contributed by atoms with Gasteiger partial charge in [-0.25, -0.2) is 4.98 Å². The van der Waals surface area contributed by atoms with E-state index in [1.54, 1.807) is 12.4 Å². The predicted octanol–water partition coefficient (Wildman–Crippen LogP) is 0.840. The van der Waals surface area contributed by atoms with Crippen molar-refractivity contribution in [3.8, 4) is 0 Å². The summed E-state index contributed by atoms with van der Waals surface area (Å²) in [6.07, 6.45) is 4.73. The molecule has 0 saturated carbocycles. The van der Waals surface area contributed by atoms with Crippen LogP contribution < -0.4 is 4.73 Å². The van der Waals surface area contributed by atoms with Gasteiger partial charge in [0, 0.05) is 6.42 Å². The predicted molar refractivity (Wildman–Crippen MR) is 42.0 cm³/mol. The molecular weight excluding hydrogens is 140 g/mol. The number of rotatable bonds is 2. The second-order valence-corrected chi connectivity index (χ2v) is 2.40. The fourth-order valence-electron chi connectivity index (χ4n) is 0.896. The molecular formula is C8H12N2O. The highest BCUT2D eigenvalue weighted by Crippen LogP contribution is 1.94. The van der Waals surface area contributed by atoms with Crippen LogP contribution in [0.25, 0.3) is 0 Å². The molecule has 3 heteroatoms. The van der Waals surface area contributed by atoms with Crippen molar-refractivity contribution in [2.24, 2.45) is 0 Å². The van der Waals surface area contributed by atoms with Crippen molar-refractivity contribution in [2.45, 2.75) is 26.7 Å². The Kier molecular flexibility index (Phi) is 2.41. The van der Waals surface area contributed by atoms with Gasteiger partial charge in [-0.05, 0) is 6.42 Å². The van der Waals surface area contributed by atoms with E-state index in [1.165, 1.54) is 0 Å². The Balaban J connectivity index is 2.99. The second-order valence-electron chi connectivity index (χ2n) is 2.40. The monoisotopic (exact) mass is 152 g/mol. The van der Waals surface area contributed by atoms with Crippen LogP contribution in [0.2, 0.25) is 0 Å². The zero-order valence-electron chi connectivity index (χ0n) is 6.87. The maximum atomic E-state index is 11.1. The first-order valence-electron chi connectivity index (χ1n) is 3.84. The summed E-state index contributed by atoms with van der Waals surface area (Å²) >= 11 is 0. The lowest BCUT2D eigenvalue weighted by molar-refractivity contribution is -0.614. The Morgan fingerprint density at radius 2 is 2.18 bits per heavy atom. The van der Waals surface area contributed by atoms with Crippen molar-refractivity contribution in [2.75, 3.05) is 0 Å². The molecule has 0 aliphatic heterocycles. The molecule has 0 atom stereocenters. The Hall–Kier alpha value is -1.12. The summed E-state index contributed by atoms with van der Waals surface area (Å²) in [5, 5.41) is 11.1. The van der Waals surface area contributed by atoms with Crippen molar-refractivity contribution in [3.63, 3.8) is 0 Å². The summed E-state index contributed by atoms with van der Waals surface area (Å²) in [6.45, 7) is 3.92. The Morgan fingerprint density at radius 3 is 2.64 bits per heavy atom. The van der Waals surface area contributed by atoms with Crippen LogP contribution in [0, 0.1) is 5.21 Å². The lowest BCUT2D eigenvalue weighted by Gasteiger charge is -2.01. The average Bonchev–Trinajstić information content (AvgIpc) is 2.04. The summed E-state index contributed by atoms with van der Waals surface area (Å²) in [5.74, 6) is 0. The van der Waals surface area contributed by atoms with E-state index in [2.05, 4.69) is 4.98 Å². The van der Waals surface area contributed by atoms with Gasteiger partial charge in [0.2, 0.25) is 11.9 Å². The van der Waals surface area contributed by atoms with E-state index in [-0.39, 0.29) is 0 Å². The maximum Gasteiger partial charge on any atom is 0.210 e. The molecule has 0 N–H and O–H groups in total. The third-order valence-corrected chi connectivity index (χ3v) is 1.65. The Morgan fingerprint density at radius 1 is 1.45 bits per heavy atom. The minimum atomic E-state index is 0.724. The molecule has 0 aromatic carbocycles. The molecule has 1 aromatic rings. The number of aryl methyl sites for hydroxylation is 2. The minimum Gasteiger partial charge on any atom is -0.618 e. The lowest BCUT2D eigenvalue weighted by Crippen LogP contribution is -2.32. The number of hydrogen-bond acceptors (Lipinski definition) is 2. The smallest absolute Gasteiger partial charge is 0.210 e. The van der Waals surface area contributed by atoms with Crippen LogP contribution in [-0.2, 0) is 12.8 Å². The van der Waals surface area contributed by atoms with E-state index in [0.717, 1.165) is 29.0 Å². The summed E-state index contributed by atoms with van der Waals surface area (Å²) in [4.78, 5) is 4.11. The van der Waals surface area contributed by atoms with E-state index >= 15 is 0 Å². The van der Waals surface area contributed by atoms with Crippen LogP contribution in [-0.4, -0.2) is 4.98 Å². The van der Waals surface area contributed by atoms with Crippen LogP contribution >= 0.6 is 0 Å². The van der Waals surface area contributed by atoms with Gasteiger partial charge < -0.3 is 5.21 Å². The zero-order valence-corrected chi connectivity index (χ0v) is 6.87. The molecule has 3 nitrogen and oxygen atoms in total. The molecule has 0 radical (unpaired) electrons. The van der Waals surface area contributed by atoms with Gasteiger partial charge in [0.1, 0.15) is 5.69 Å². The highest BCUT2D eigenvalue weighted by atomic mass is 16.5. The molecule has 0 amide bonds. The molecule has 0 aliphatic rings.